The molecule has 0 spiro atoms. The Morgan fingerprint density at radius 2 is 2.12 bits per heavy atom. The van der Waals surface area contributed by atoms with E-state index in [1.54, 1.807) is 4.90 Å². The number of carbonyl (C=O) groups is 2. The van der Waals surface area contributed by atoms with E-state index in [-0.39, 0.29) is 24.2 Å². The van der Waals surface area contributed by atoms with E-state index in [0.29, 0.717) is 6.54 Å². The van der Waals surface area contributed by atoms with E-state index in [1.165, 1.54) is 7.11 Å². The van der Waals surface area contributed by atoms with Gasteiger partial charge in [0, 0.05) is 18.7 Å². The van der Waals surface area contributed by atoms with Gasteiger partial charge in [0.05, 0.1) is 13.0 Å². The second kappa shape index (κ2) is 4.57. The molecule has 4 heteroatoms. The van der Waals surface area contributed by atoms with Crippen molar-refractivity contribution in [3.05, 3.63) is 29.8 Å². The maximum Gasteiger partial charge on any atom is 0.311 e. The van der Waals surface area contributed by atoms with Crippen molar-refractivity contribution in [3.8, 4) is 0 Å². The first-order chi connectivity index (χ1) is 8.13. The van der Waals surface area contributed by atoms with Gasteiger partial charge in [0.15, 0.2) is 0 Å². The average molecular weight is 233 g/mol. The lowest BCUT2D eigenvalue weighted by molar-refractivity contribution is -0.145. The van der Waals surface area contributed by atoms with Gasteiger partial charge in [-0.1, -0.05) is 18.2 Å². The summed E-state index contributed by atoms with van der Waals surface area (Å²) in [5.41, 5.74) is 1.91. The minimum atomic E-state index is -0.341. The molecule has 1 amide bonds. The molecule has 1 atom stereocenters. The van der Waals surface area contributed by atoms with E-state index < -0.39 is 0 Å². The maximum absolute atomic E-state index is 11.9. The van der Waals surface area contributed by atoms with Crippen LogP contribution in [0.1, 0.15) is 12.0 Å². The standard InChI is InChI=1S/C13H15NO3/c1-9-5-3-4-6-11(9)14-8-10(7-12(14)15)13(16)17-2/h3-6,10H,7-8H2,1-2H3. The number of ether oxygens (including phenoxy) is 1. The number of rotatable bonds is 2. The highest BCUT2D eigenvalue weighted by atomic mass is 16.5. The van der Waals surface area contributed by atoms with Crippen molar-refractivity contribution in [2.45, 2.75) is 13.3 Å². The van der Waals surface area contributed by atoms with Gasteiger partial charge in [-0.2, -0.15) is 0 Å². The van der Waals surface area contributed by atoms with Crippen molar-refractivity contribution in [1.82, 2.24) is 0 Å². The van der Waals surface area contributed by atoms with Gasteiger partial charge in [-0.25, -0.2) is 0 Å². The first-order valence-corrected chi connectivity index (χ1v) is 5.57. The molecule has 1 fully saturated rings. The molecule has 1 unspecified atom stereocenters. The smallest absolute Gasteiger partial charge is 0.311 e. The number of aryl methyl sites for hydroxylation is 1. The molecule has 0 saturated carbocycles. The average Bonchev–Trinajstić information content (AvgIpc) is 2.71. The normalized spacial score (nSPS) is 19.5. The summed E-state index contributed by atoms with van der Waals surface area (Å²) in [7, 11) is 1.35. The zero-order chi connectivity index (χ0) is 12.4. The Balaban J connectivity index is 2.22. The van der Waals surface area contributed by atoms with Gasteiger partial charge in [0.25, 0.3) is 0 Å². The van der Waals surface area contributed by atoms with Gasteiger partial charge in [-0.05, 0) is 18.6 Å². The predicted molar refractivity (Wildman–Crippen MR) is 63.7 cm³/mol. The van der Waals surface area contributed by atoms with Crippen molar-refractivity contribution in [2.75, 3.05) is 18.6 Å². The van der Waals surface area contributed by atoms with Gasteiger partial charge in [0.1, 0.15) is 0 Å². The molecule has 1 aliphatic heterocycles. The van der Waals surface area contributed by atoms with Crippen molar-refractivity contribution in [2.24, 2.45) is 5.92 Å². The molecule has 0 aliphatic carbocycles. The third-order valence-corrected chi connectivity index (χ3v) is 3.07. The number of hydrogen-bond acceptors (Lipinski definition) is 3. The summed E-state index contributed by atoms with van der Waals surface area (Å²) in [6.07, 6.45) is 0.237. The molecule has 1 aliphatic rings. The van der Waals surface area contributed by atoms with E-state index in [9.17, 15) is 9.59 Å². The Labute approximate surface area is 100 Å². The highest BCUT2D eigenvalue weighted by Crippen LogP contribution is 2.27. The van der Waals surface area contributed by atoms with E-state index >= 15 is 0 Å². The molecule has 1 heterocycles. The SMILES string of the molecule is COC(=O)C1CC(=O)N(c2ccccc2C)C1. The Morgan fingerprint density at radius 1 is 1.41 bits per heavy atom. The Bertz CT molecular complexity index is 456. The second-order valence-electron chi connectivity index (χ2n) is 4.22. The monoisotopic (exact) mass is 233 g/mol. The van der Waals surface area contributed by atoms with Crippen LogP contribution in [0.2, 0.25) is 0 Å². The number of anilines is 1. The lowest BCUT2D eigenvalue weighted by Crippen LogP contribution is -2.26. The Kier molecular flexibility index (Phi) is 3.13. The summed E-state index contributed by atoms with van der Waals surface area (Å²) in [6, 6.07) is 7.67. The van der Waals surface area contributed by atoms with Crippen LogP contribution in [-0.4, -0.2) is 25.5 Å². The first kappa shape index (κ1) is 11.6. The molecule has 1 aromatic carbocycles. The van der Waals surface area contributed by atoms with E-state index in [1.807, 2.05) is 31.2 Å². The molecule has 17 heavy (non-hydrogen) atoms. The highest BCUT2D eigenvalue weighted by Gasteiger charge is 2.36. The van der Waals surface area contributed by atoms with Crippen LogP contribution in [0.5, 0.6) is 0 Å². The third-order valence-electron chi connectivity index (χ3n) is 3.07. The number of amides is 1. The van der Waals surface area contributed by atoms with E-state index in [4.69, 9.17) is 0 Å². The van der Waals surface area contributed by atoms with Crippen LogP contribution in [0.25, 0.3) is 0 Å². The minimum absolute atomic E-state index is 0.0188. The molecular formula is C13H15NO3. The fourth-order valence-electron chi connectivity index (χ4n) is 2.13. The number of benzene rings is 1. The number of para-hydroxylation sites is 1. The number of carbonyl (C=O) groups excluding carboxylic acids is 2. The van der Waals surface area contributed by atoms with Crippen molar-refractivity contribution in [3.63, 3.8) is 0 Å². The summed E-state index contributed by atoms with van der Waals surface area (Å²) in [6.45, 7) is 2.37. The van der Waals surface area contributed by atoms with Gasteiger partial charge in [-0.3, -0.25) is 9.59 Å². The topological polar surface area (TPSA) is 46.6 Å². The van der Waals surface area contributed by atoms with Crippen LogP contribution in [0.15, 0.2) is 24.3 Å². The molecule has 90 valence electrons. The predicted octanol–water partition coefficient (Wildman–Crippen LogP) is 1.52. The number of nitrogens with zero attached hydrogens (tertiary/aromatic N) is 1. The quantitative estimate of drug-likeness (QED) is 0.728. The fourth-order valence-corrected chi connectivity index (χ4v) is 2.13. The van der Waals surface area contributed by atoms with Crippen LogP contribution in [-0.2, 0) is 14.3 Å². The molecule has 0 radical (unpaired) electrons. The molecule has 2 rings (SSSR count). The zero-order valence-corrected chi connectivity index (χ0v) is 9.97. The van der Waals surface area contributed by atoms with Gasteiger partial charge >= 0.3 is 5.97 Å². The number of esters is 1. The molecule has 0 N–H and O–H groups in total. The Morgan fingerprint density at radius 3 is 2.76 bits per heavy atom. The summed E-state index contributed by atoms with van der Waals surface area (Å²) in [5, 5.41) is 0. The lowest BCUT2D eigenvalue weighted by Gasteiger charge is -2.18. The molecule has 1 saturated heterocycles. The van der Waals surface area contributed by atoms with Crippen LogP contribution in [0.3, 0.4) is 0 Å². The Hall–Kier alpha value is -1.84. The summed E-state index contributed by atoms with van der Waals surface area (Å²) in [4.78, 5) is 25.0. The summed E-state index contributed by atoms with van der Waals surface area (Å²) in [5.74, 6) is -0.670. The van der Waals surface area contributed by atoms with Crippen molar-refractivity contribution >= 4 is 17.6 Å². The molecule has 0 bridgehead atoms. The minimum Gasteiger partial charge on any atom is -0.469 e. The maximum atomic E-state index is 11.9. The summed E-state index contributed by atoms with van der Waals surface area (Å²) < 4.78 is 4.68. The molecule has 1 aromatic rings. The van der Waals surface area contributed by atoms with Crippen molar-refractivity contribution < 1.29 is 14.3 Å². The third kappa shape index (κ3) is 2.16. The number of methoxy groups -OCH3 is 1. The van der Waals surface area contributed by atoms with E-state index in [0.717, 1.165) is 11.3 Å². The van der Waals surface area contributed by atoms with Crippen LogP contribution in [0.4, 0.5) is 5.69 Å². The van der Waals surface area contributed by atoms with Gasteiger partial charge < -0.3 is 9.64 Å². The van der Waals surface area contributed by atoms with E-state index in [2.05, 4.69) is 4.74 Å². The fraction of sp³-hybridized carbons (Fsp3) is 0.385. The first-order valence-electron chi connectivity index (χ1n) is 5.57. The van der Waals surface area contributed by atoms with Crippen LogP contribution in [0, 0.1) is 12.8 Å². The molecule has 0 aromatic heterocycles. The number of hydrogen-bond donors (Lipinski definition) is 0. The van der Waals surface area contributed by atoms with Crippen LogP contribution < -0.4 is 4.90 Å². The summed E-state index contributed by atoms with van der Waals surface area (Å²) >= 11 is 0. The largest absolute Gasteiger partial charge is 0.469 e. The zero-order valence-electron chi connectivity index (χ0n) is 9.97. The van der Waals surface area contributed by atoms with Gasteiger partial charge in [0.2, 0.25) is 5.91 Å². The molecule has 4 nitrogen and oxygen atoms in total. The van der Waals surface area contributed by atoms with Crippen LogP contribution >= 0.6 is 0 Å². The molecular weight excluding hydrogens is 218 g/mol. The van der Waals surface area contributed by atoms with Gasteiger partial charge in [-0.15, -0.1) is 0 Å². The lowest BCUT2D eigenvalue weighted by atomic mass is 10.1. The second-order valence-corrected chi connectivity index (χ2v) is 4.22. The van der Waals surface area contributed by atoms with Crippen molar-refractivity contribution in [1.29, 1.82) is 0 Å². The highest BCUT2D eigenvalue weighted by molar-refractivity contribution is 5.99.